The summed E-state index contributed by atoms with van der Waals surface area (Å²) in [4.78, 5) is 39.3. The average Bonchev–Trinajstić information content (AvgIpc) is 3.10. The molecule has 0 unspecified atom stereocenters. The lowest BCUT2D eigenvalue weighted by atomic mass is 10.1. The van der Waals surface area contributed by atoms with Crippen molar-refractivity contribution in [3.05, 3.63) is 71.9 Å². The highest BCUT2D eigenvalue weighted by atomic mass is 16.5. The van der Waals surface area contributed by atoms with Crippen molar-refractivity contribution in [2.75, 3.05) is 7.05 Å². The van der Waals surface area contributed by atoms with Gasteiger partial charge in [0.1, 0.15) is 5.69 Å². The molecule has 7 nitrogen and oxygen atoms in total. The predicted octanol–water partition coefficient (Wildman–Crippen LogP) is 2.52. The van der Waals surface area contributed by atoms with Crippen LogP contribution in [0.25, 0.3) is 10.9 Å². The number of aromatic amines is 1. The van der Waals surface area contributed by atoms with Crippen LogP contribution in [0, 0.1) is 0 Å². The fraction of sp³-hybridized carbons (Fsp3) is 0.105. The number of nitrogens with one attached hydrogen (secondary N) is 3. The Hall–Kier alpha value is -3.61. The summed E-state index contributed by atoms with van der Waals surface area (Å²) in [5, 5.41) is 5.27. The van der Waals surface area contributed by atoms with Gasteiger partial charge in [-0.15, -0.1) is 0 Å². The summed E-state index contributed by atoms with van der Waals surface area (Å²) in [6.45, 7) is 0. The molecule has 1 aromatic heterocycles. The van der Waals surface area contributed by atoms with E-state index >= 15 is 0 Å². The first kappa shape index (κ1) is 17.2. The third kappa shape index (κ3) is 3.72. The maximum absolute atomic E-state index is 12.5. The van der Waals surface area contributed by atoms with Gasteiger partial charge < -0.3 is 15.0 Å². The maximum atomic E-state index is 12.5. The van der Waals surface area contributed by atoms with Crippen LogP contribution in [0.5, 0.6) is 0 Å². The van der Waals surface area contributed by atoms with Crippen molar-refractivity contribution >= 4 is 28.8 Å². The minimum absolute atomic E-state index is 0.222. The van der Waals surface area contributed by atoms with Gasteiger partial charge in [0, 0.05) is 23.5 Å². The van der Waals surface area contributed by atoms with Gasteiger partial charge in [0.25, 0.3) is 5.91 Å². The summed E-state index contributed by atoms with van der Waals surface area (Å²) in [6, 6.07) is 16.9. The molecule has 2 aromatic carbocycles. The Morgan fingerprint density at radius 1 is 1.00 bits per heavy atom. The maximum Gasteiger partial charge on any atom is 0.355 e. The second-order valence-corrected chi connectivity index (χ2v) is 5.53. The van der Waals surface area contributed by atoms with E-state index < -0.39 is 24.0 Å². The fourth-order valence-corrected chi connectivity index (χ4v) is 2.49. The van der Waals surface area contributed by atoms with Crippen LogP contribution in [0.15, 0.2) is 60.7 Å². The molecule has 0 saturated carbocycles. The molecule has 3 aromatic rings. The molecule has 0 fully saturated rings. The van der Waals surface area contributed by atoms with Crippen molar-refractivity contribution in [3.63, 3.8) is 0 Å². The van der Waals surface area contributed by atoms with Gasteiger partial charge in [-0.25, -0.2) is 9.59 Å². The van der Waals surface area contributed by atoms with E-state index in [0.717, 1.165) is 10.9 Å². The molecule has 0 saturated heterocycles. The molecule has 3 N–H and O–H groups in total. The van der Waals surface area contributed by atoms with Crippen LogP contribution in [0.1, 0.15) is 22.2 Å². The molecule has 0 aliphatic carbocycles. The smallest absolute Gasteiger partial charge is 0.355 e. The number of H-pyrrole nitrogens is 1. The van der Waals surface area contributed by atoms with Crippen LogP contribution < -0.4 is 10.6 Å². The Bertz CT molecular complexity index is 917. The Morgan fingerprint density at radius 2 is 1.69 bits per heavy atom. The third-order valence-electron chi connectivity index (χ3n) is 3.78. The van der Waals surface area contributed by atoms with E-state index in [9.17, 15) is 14.4 Å². The zero-order chi connectivity index (χ0) is 18.5. The van der Waals surface area contributed by atoms with Crippen molar-refractivity contribution in [2.24, 2.45) is 0 Å². The molecule has 0 aliphatic rings. The minimum Gasteiger partial charge on any atom is -0.443 e. The molecular formula is C19H17N3O4. The van der Waals surface area contributed by atoms with Crippen molar-refractivity contribution < 1.29 is 19.1 Å². The highest BCUT2D eigenvalue weighted by Gasteiger charge is 2.27. The summed E-state index contributed by atoms with van der Waals surface area (Å²) >= 11 is 0. The molecule has 0 radical (unpaired) electrons. The summed E-state index contributed by atoms with van der Waals surface area (Å²) in [6.07, 6.45) is -1.26. The number of esters is 1. The van der Waals surface area contributed by atoms with Crippen LogP contribution in [0.4, 0.5) is 4.79 Å². The number of carbonyl (C=O) groups excluding carboxylic acids is 3. The van der Waals surface area contributed by atoms with Crippen LogP contribution in [-0.2, 0) is 9.53 Å². The lowest BCUT2D eigenvalue weighted by Gasteiger charge is -2.17. The second-order valence-electron chi connectivity index (χ2n) is 5.53. The van der Waals surface area contributed by atoms with E-state index in [1.54, 1.807) is 36.4 Å². The highest BCUT2D eigenvalue weighted by molar-refractivity contribution is 6.00. The van der Waals surface area contributed by atoms with Crippen molar-refractivity contribution in [3.8, 4) is 0 Å². The number of ether oxygens (including phenoxy) is 1. The number of benzene rings is 2. The molecule has 1 heterocycles. The fourth-order valence-electron chi connectivity index (χ4n) is 2.49. The SMILES string of the molecule is CNC(=O)NC(=O)[C@H](OC(=O)c1cc2ccccc2[nH]1)c1ccccc1. The summed E-state index contributed by atoms with van der Waals surface area (Å²) < 4.78 is 5.40. The molecule has 26 heavy (non-hydrogen) atoms. The van der Waals surface area contributed by atoms with Crippen LogP contribution in [0.2, 0.25) is 0 Å². The molecule has 0 spiro atoms. The lowest BCUT2D eigenvalue weighted by molar-refractivity contribution is -0.129. The Kier molecular flexibility index (Phi) is 4.98. The first-order chi connectivity index (χ1) is 12.6. The number of amides is 3. The van der Waals surface area contributed by atoms with Gasteiger partial charge in [-0.05, 0) is 12.1 Å². The number of hydrogen-bond acceptors (Lipinski definition) is 4. The second kappa shape index (κ2) is 7.52. The van der Waals surface area contributed by atoms with Crippen molar-refractivity contribution in [1.82, 2.24) is 15.6 Å². The topological polar surface area (TPSA) is 100 Å². The number of fused-ring (bicyclic) bond motifs is 1. The molecule has 0 aliphatic heterocycles. The molecule has 1 atom stereocenters. The van der Waals surface area contributed by atoms with Crippen molar-refractivity contribution in [2.45, 2.75) is 6.10 Å². The molecule has 3 amide bonds. The monoisotopic (exact) mass is 351 g/mol. The standard InChI is InChI=1S/C19H17N3O4/c1-20-19(25)22-17(23)16(12-7-3-2-4-8-12)26-18(24)15-11-13-9-5-6-10-14(13)21-15/h2-11,16,21H,1H3,(H2,20,22,23,25)/t16-/m1/s1. The largest absolute Gasteiger partial charge is 0.443 e. The Balaban J connectivity index is 1.85. The lowest BCUT2D eigenvalue weighted by Crippen LogP contribution is -2.41. The van der Waals surface area contributed by atoms with Crippen LogP contribution in [-0.4, -0.2) is 29.9 Å². The van der Waals surface area contributed by atoms with Gasteiger partial charge in [-0.1, -0.05) is 48.5 Å². The number of urea groups is 1. The van der Waals surface area contributed by atoms with Gasteiger partial charge in [-0.3, -0.25) is 10.1 Å². The highest BCUT2D eigenvalue weighted by Crippen LogP contribution is 2.21. The van der Waals surface area contributed by atoms with Crippen LogP contribution >= 0.6 is 0 Å². The zero-order valence-corrected chi connectivity index (χ0v) is 14.0. The summed E-state index contributed by atoms with van der Waals surface area (Å²) in [5.74, 6) is -1.43. The minimum atomic E-state index is -1.26. The van der Waals surface area contributed by atoms with Gasteiger partial charge in [0.05, 0.1) is 0 Å². The number of imide groups is 1. The normalized spacial score (nSPS) is 11.6. The molecule has 7 heteroatoms. The predicted molar refractivity (Wildman–Crippen MR) is 95.5 cm³/mol. The van der Waals surface area contributed by atoms with Gasteiger partial charge >= 0.3 is 12.0 Å². The van der Waals surface area contributed by atoms with Crippen molar-refractivity contribution in [1.29, 1.82) is 0 Å². The molecular weight excluding hydrogens is 334 g/mol. The third-order valence-corrected chi connectivity index (χ3v) is 3.78. The van der Waals surface area contributed by atoms with E-state index in [0.29, 0.717) is 5.56 Å². The number of aromatic nitrogens is 1. The number of hydrogen-bond donors (Lipinski definition) is 3. The number of para-hydroxylation sites is 1. The number of carbonyl (C=O) groups is 3. The van der Waals surface area contributed by atoms with E-state index in [1.807, 2.05) is 24.3 Å². The summed E-state index contributed by atoms with van der Waals surface area (Å²) in [5.41, 5.74) is 1.46. The number of rotatable bonds is 4. The first-order valence-corrected chi connectivity index (χ1v) is 7.94. The molecule has 3 rings (SSSR count). The van der Waals surface area contributed by atoms with Gasteiger partial charge in [-0.2, -0.15) is 0 Å². The average molecular weight is 351 g/mol. The molecule has 132 valence electrons. The molecule has 0 bridgehead atoms. The Morgan fingerprint density at radius 3 is 2.38 bits per heavy atom. The van der Waals surface area contributed by atoms with E-state index in [2.05, 4.69) is 15.6 Å². The van der Waals surface area contributed by atoms with E-state index in [4.69, 9.17) is 4.74 Å². The zero-order valence-electron chi connectivity index (χ0n) is 14.0. The van der Waals surface area contributed by atoms with Gasteiger partial charge in [0.2, 0.25) is 6.10 Å². The Labute approximate surface area is 149 Å². The van der Waals surface area contributed by atoms with Crippen LogP contribution in [0.3, 0.4) is 0 Å². The quantitative estimate of drug-likeness (QED) is 0.629. The summed E-state index contributed by atoms with van der Waals surface area (Å²) in [7, 11) is 1.39. The first-order valence-electron chi connectivity index (χ1n) is 7.94. The van der Waals surface area contributed by atoms with E-state index in [-0.39, 0.29) is 5.69 Å². The van der Waals surface area contributed by atoms with Gasteiger partial charge in [0.15, 0.2) is 0 Å². The van der Waals surface area contributed by atoms with E-state index in [1.165, 1.54) is 7.05 Å².